The number of sulfonamides is 1. The van der Waals surface area contributed by atoms with Gasteiger partial charge >= 0.3 is 0 Å². The number of benzene rings is 1. The molecule has 0 atom stereocenters. The van der Waals surface area contributed by atoms with Gasteiger partial charge in [-0.2, -0.15) is 0 Å². The van der Waals surface area contributed by atoms with Crippen LogP contribution in [0.1, 0.15) is 51.9 Å². The van der Waals surface area contributed by atoms with Crippen LogP contribution in [0.5, 0.6) is 5.75 Å². The summed E-state index contributed by atoms with van der Waals surface area (Å²) in [5.74, 6) is 0.423. The molecule has 1 aliphatic carbocycles. The second-order valence-electron chi connectivity index (χ2n) is 5.75. The zero-order chi connectivity index (χ0) is 16.0. The van der Waals surface area contributed by atoms with Crippen molar-refractivity contribution in [2.45, 2.75) is 62.8 Å². The molecular weight excluding hydrogens is 322 g/mol. The Hall–Kier alpha value is -0.780. The zero-order valence-corrected chi connectivity index (χ0v) is 14.5. The van der Waals surface area contributed by atoms with E-state index in [2.05, 4.69) is 4.72 Å². The molecule has 0 spiro atoms. The number of ether oxygens (including phenoxy) is 1. The second kappa shape index (κ2) is 8.18. The van der Waals surface area contributed by atoms with Crippen LogP contribution >= 0.6 is 11.6 Å². The Balaban J connectivity index is 2.14. The van der Waals surface area contributed by atoms with E-state index in [1.54, 1.807) is 6.07 Å². The largest absolute Gasteiger partial charge is 0.492 e. The summed E-state index contributed by atoms with van der Waals surface area (Å²) in [6.07, 6.45) is 7.20. The van der Waals surface area contributed by atoms with E-state index >= 15 is 0 Å². The third-order valence-corrected chi connectivity index (χ3v) is 5.68. The molecule has 0 aromatic heterocycles. The molecule has 0 radical (unpaired) electrons. The van der Waals surface area contributed by atoms with Crippen LogP contribution in [-0.4, -0.2) is 21.1 Å². The topological polar surface area (TPSA) is 55.4 Å². The quantitative estimate of drug-likeness (QED) is 0.789. The molecule has 1 N–H and O–H groups in total. The first kappa shape index (κ1) is 17.6. The molecule has 124 valence electrons. The summed E-state index contributed by atoms with van der Waals surface area (Å²) < 4.78 is 33.4. The molecule has 1 aromatic rings. The molecule has 1 aromatic carbocycles. The molecule has 0 heterocycles. The summed E-state index contributed by atoms with van der Waals surface area (Å²) >= 11 is 6.06. The monoisotopic (exact) mass is 345 g/mol. The Bertz CT molecular complexity index is 581. The van der Waals surface area contributed by atoms with Crippen LogP contribution < -0.4 is 9.46 Å². The van der Waals surface area contributed by atoms with Gasteiger partial charge < -0.3 is 4.74 Å². The molecule has 1 saturated carbocycles. The van der Waals surface area contributed by atoms with E-state index in [1.807, 2.05) is 6.92 Å². The van der Waals surface area contributed by atoms with E-state index in [-0.39, 0.29) is 10.9 Å². The first-order chi connectivity index (χ1) is 10.5. The highest BCUT2D eigenvalue weighted by Crippen LogP contribution is 2.28. The molecule has 22 heavy (non-hydrogen) atoms. The number of rotatable bonds is 6. The van der Waals surface area contributed by atoms with E-state index in [0.29, 0.717) is 17.4 Å². The Labute approximate surface area is 138 Å². The number of halogens is 1. The van der Waals surface area contributed by atoms with Gasteiger partial charge in [-0.3, -0.25) is 0 Å². The predicted molar refractivity (Wildman–Crippen MR) is 89.0 cm³/mol. The van der Waals surface area contributed by atoms with E-state index in [0.717, 1.165) is 32.1 Å². The molecule has 0 bridgehead atoms. The fourth-order valence-electron chi connectivity index (χ4n) is 2.66. The highest BCUT2D eigenvalue weighted by atomic mass is 35.5. The van der Waals surface area contributed by atoms with E-state index < -0.39 is 10.0 Å². The molecule has 0 aliphatic heterocycles. The van der Waals surface area contributed by atoms with Crippen molar-refractivity contribution in [3.05, 3.63) is 23.2 Å². The van der Waals surface area contributed by atoms with Gasteiger partial charge in [0.2, 0.25) is 10.0 Å². The molecule has 2 rings (SSSR count). The van der Waals surface area contributed by atoms with Crippen molar-refractivity contribution >= 4 is 21.6 Å². The minimum absolute atomic E-state index is 0.0307. The van der Waals surface area contributed by atoms with Crippen molar-refractivity contribution in [1.82, 2.24) is 4.72 Å². The molecule has 0 amide bonds. The van der Waals surface area contributed by atoms with E-state index in [1.165, 1.54) is 25.0 Å². The van der Waals surface area contributed by atoms with Gasteiger partial charge in [-0.15, -0.1) is 0 Å². The summed E-state index contributed by atoms with van der Waals surface area (Å²) in [6.45, 7) is 2.50. The van der Waals surface area contributed by atoms with Crippen LogP contribution in [0.2, 0.25) is 5.02 Å². The Morgan fingerprint density at radius 3 is 2.55 bits per heavy atom. The van der Waals surface area contributed by atoms with Crippen molar-refractivity contribution in [3.8, 4) is 5.75 Å². The fraction of sp³-hybridized carbons (Fsp3) is 0.625. The predicted octanol–water partition coefficient (Wildman–Crippen LogP) is 4.13. The fourth-order valence-corrected chi connectivity index (χ4v) is 4.15. The van der Waals surface area contributed by atoms with Gasteiger partial charge in [0.1, 0.15) is 5.75 Å². The summed E-state index contributed by atoms with van der Waals surface area (Å²) in [5, 5.41) is 0.432. The Morgan fingerprint density at radius 1 is 1.23 bits per heavy atom. The summed E-state index contributed by atoms with van der Waals surface area (Å²) in [7, 11) is -3.53. The van der Waals surface area contributed by atoms with Gasteiger partial charge in [0.05, 0.1) is 16.5 Å². The lowest BCUT2D eigenvalue weighted by molar-refractivity contribution is 0.317. The number of hydrogen-bond acceptors (Lipinski definition) is 3. The Kier molecular flexibility index (Phi) is 6.53. The van der Waals surface area contributed by atoms with Gasteiger partial charge in [-0.25, -0.2) is 13.1 Å². The van der Waals surface area contributed by atoms with Gasteiger partial charge in [0, 0.05) is 12.1 Å². The lowest BCUT2D eigenvalue weighted by Gasteiger charge is -2.17. The summed E-state index contributed by atoms with van der Waals surface area (Å²) in [5.41, 5.74) is 0. The molecule has 0 saturated heterocycles. The maximum absolute atomic E-state index is 12.5. The lowest BCUT2D eigenvalue weighted by Crippen LogP contribution is -2.34. The molecule has 1 fully saturated rings. The maximum Gasteiger partial charge on any atom is 0.240 e. The van der Waals surface area contributed by atoms with E-state index in [9.17, 15) is 8.42 Å². The van der Waals surface area contributed by atoms with Crippen molar-refractivity contribution in [1.29, 1.82) is 0 Å². The van der Waals surface area contributed by atoms with Crippen LogP contribution in [-0.2, 0) is 10.0 Å². The van der Waals surface area contributed by atoms with Crippen molar-refractivity contribution in [2.24, 2.45) is 0 Å². The van der Waals surface area contributed by atoms with Crippen molar-refractivity contribution in [2.75, 3.05) is 6.61 Å². The third kappa shape index (κ3) is 4.86. The molecule has 4 nitrogen and oxygen atoms in total. The highest BCUT2D eigenvalue weighted by Gasteiger charge is 2.22. The van der Waals surface area contributed by atoms with Gasteiger partial charge in [-0.1, -0.05) is 44.2 Å². The number of nitrogens with one attached hydrogen (secondary N) is 1. The van der Waals surface area contributed by atoms with Crippen molar-refractivity contribution < 1.29 is 13.2 Å². The normalized spacial score (nSPS) is 17.2. The standard InChI is InChI=1S/C16H24ClNO3S/c1-2-11-21-16-12-14(9-10-15(16)17)22(19,20)18-13-7-5-3-4-6-8-13/h9-10,12-13,18H,2-8,11H2,1H3. The van der Waals surface area contributed by atoms with Gasteiger partial charge in [0.25, 0.3) is 0 Å². The molecular formula is C16H24ClNO3S. The smallest absolute Gasteiger partial charge is 0.240 e. The molecule has 1 aliphatic rings. The maximum atomic E-state index is 12.5. The first-order valence-electron chi connectivity index (χ1n) is 7.97. The third-order valence-electron chi connectivity index (χ3n) is 3.85. The van der Waals surface area contributed by atoms with Gasteiger partial charge in [-0.05, 0) is 31.4 Å². The average molecular weight is 346 g/mol. The van der Waals surface area contributed by atoms with Gasteiger partial charge in [0.15, 0.2) is 0 Å². The number of hydrogen-bond donors (Lipinski definition) is 1. The van der Waals surface area contributed by atoms with Crippen LogP contribution in [0.25, 0.3) is 0 Å². The van der Waals surface area contributed by atoms with E-state index in [4.69, 9.17) is 16.3 Å². The Morgan fingerprint density at radius 2 is 1.91 bits per heavy atom. The van der Waals surface area contributed by atoms with Crippen LogP contribution in [0, 0.1) is 0 Å². The van der Waals surface area contributed by atoms with Crippen molar-refractivity contribution in [3.63, 3.8) is 0 Å². The van der Waals surface area contributed by atoms with Crippen LogP contribution in [0.15, 0.2) is 23.1 Å². The summed E-state index contributed by atoms with van der Waals surface area (Å²) in [4.78, 5) is 0.215. The lowest BCUT2D eigenvalue weighted by atomic mass is 10.1. The zero-order valence-electron chi connectivity index (χ0n) is 13.0. The summed E-state index contributed by atoms with van der Waals surface area (Å²) in [6, 6.07) is 4.65. The average Bonchev–Trinajstić information content (AvgIpc) is 2.74. The molecule has 0 unspecified atom stereocenters. The van der Waals surface area contributed by atoms with Crippen LogP contribution in [0.4, 0.5) is 0 Å². The minimum atomic E-state index is -3.53. The molecule has 6 heteroatoms. The SMILES string of the molecule is CCCOc1cc(S(=O)(=O)NC2CCCCCC2)ccc1Cl. The van der Waals surface area contributed by atoms with Crippen LogP contribution in [0.3, 0.4) is 0 Å². The highest BCUT2D eigenvalue weighted by molar-refractivity contribution is 7.89. The minimum Gasteiger partial charge on any atom is -0.492 e. The second-order valence-corrected chi connectivity index (χ2v) is 7.87. The first-order valence-corrected chi connectivity index (χ1v) is 9.83.